The van der Waals surface area contributed by atoms with Gasteiger partial charge in [-0.05, 0) is 50.2 Å². The lowest BCUT2D eigenvalue weighted by Gasteiger charge is -2.14. The number of esters is 1. The first-order valence-electron chi connectivity index (χ1n) is 9.01. The van der Waals surface area contributed by atoms with Gasteiger partial charge in [-0.15, -0.1) is 0 Å². The molecule has 0 bridgehead atoms. The second-order valence-electron chi connectivity index (χ2n) is 6.13. The summed E-state index contributed by atoms with van der Waals surface area (Å²) in [4.78, 5) is 31.9. The van der Waals surface area contributed by atoms with Crippen LogP contribution in [0.15, 0.2) is 54.9 Å². The quantitative estimate of drug-likeness (QED) is 0.409. The predicted octanol–water partition coefficient (Wildman–Crippen LogP) is 3.93. The van der Waals surface area contributed by atoms with Crippen molar-refractivity contribution in [2.45, 2.75) is 13.8 Å². The molecule has 0 aliphatic carbocycles. The lowest BCUT2D eigenvalue weighted by molar-refractivity contribution is 0.0527. The third kappa shape index (κ3) is 4.67. The van der Waals surface area contributed by atoms with Crippen LogP contribution in [-0.4, -0.2) is 28.3 Å². The van der Waals surface area contributed by atoms with Crippen LogP contribution in [0.2, 0.25) is 0 Å². The minimum Gasteiger partial charge on any atom is -0.462 e. The van der Waals surface area contributed by atoms with Gasteiger partial charge in [0.15, 0.2) is 17.4 Å². The van der Waals surface area contributed by atoms with E-state index >= 15 is 0 Å². The maximum absolute atomic E-state index is 12.2. The molecule has 0 aliphatic rings. The number of nitrogens with one attached hydrogen (secondary N) is 2. The molecule has 0 spiro atoms. The number of nitrogens with two attached hydrogens (primary N) is 1. The standard InChI is InChI=1S/C21H21N5O3/c1-3-29-21(28)16-6-4-5-7-17(16)26-20-18(22)19(23-12-24-20)25-15-10-8-14(9-11-15)13(2)27/h4-12H,3,22H2,1-2H3,(H2,23,24,25,26). The van der Waals surface area contributed by atoms with E-state index in [2.05, 4.69) is 20.6 Å². The van der Waals surface area contributed by atoms with Gasteiger partial charge in [-0.3, -0.25) is 4.79 Å². The van der Waals surface area contributed by atoms with Crippen LogP contribution in [0.25, 0.3) is 0 Å². The van der Waals surface area contributed by atoms with Crippen molar-refractivity contribution >= 4 is 40.5 Å². The average Bonchev–Trinajstić information content (AvgIpc) is 2.72. The second-order valence-corrected chi connectivity index (χ2v) is 6.13. The van der Waals surface area contributed by atoms with Gasteiger partial charge in [0.1, 0.15) is 12.0 Å². The van der Waals surface area contributed by atoms with Crippen molar-refractivity contribution in [3.8, 4) is 0 Å². The Morgan fingerprint density at radius 1 is 1.00 bits per heavy atom. The van der Waals surface area contributed by atoms with Crippen LogP contribution >= 0.6 is 0 Å². The molecular formula is C21H21N5O3. The maximum atomic E-state index is 12.2. The molecule has 0 amide bonds. The molecule has 148 valence electrons. The number of rotatable bonds is 7. The highest BCUT2D eigenvalue weighted by atomic mass is 16.5. The fourth-order valence-electron chi connectivity index (χ4n) is 2.63. The lowest BCUT2D eigenvalue weighted by Crippen LogP contribution is -2.10. The molecule has 0 atom stereocenters. The van der Waals surface area contributed by atoms with Crippen LogP contribution in [0.4, 0.5) is 28.7 Å². The minimum absolute atomic E-state index is 0.00940. The number of hydrogen-bond acceptors (Lipinski definition) is 8. The summed E-state index contributed by atoms with van der Waals surface area (Å²) >= 11 is 0. The number of benzene rings is 2. The molecule has 4 N–H and O–H groups in total. The highest BCUT2D eigenvalue weighted by Gasteiger charge is 2.15. The number of ether oxygens (including phenoxy) is 1. The number of ketones is 1. The number of Topliss-reactive ketones (excluding diaryl/α,β-unsaturated/α-hetero) is 1. The fourth-order valence-corrected chi connectivity index (χ4v) is 2.63. The summed E-state index contributed by atoms with van der Waals surface area (Å²) in [5.41, 5.74) is 8.73. The van der Waals surface area contributed by atoms with Crippen LogP contribution in [0, 0.1) is 0 Å². The number of nitrogens with zero attached hydrogens (tertiary/aromatic N) is 2. The minimum atomic E-state index is -0.438. The van der Waals surface area contributed by atoms with Gasteiger partial charge in [-0.2, -0.15) is 0 Å². The van der Waals surface area contributed by atoms with Crippen LogP contribution in [-0.2, 0) is 4.74 Å². The summed E-state index contributed by atoms with van der Waals surface area (Å²) in [7, 11) is 0. The smallest absolute Gasteiger partial charge is 0.340 e. The third-order valence-electron chi connectivity index (χ3n) is 4.11. The van der Waals surface area contributed by atoms with Gasteiger partial charge < -0.3 is 21.1 Å². The highest BCUT2D eigenvalue weighted by Crippen LogP contribution is 2.29. The number of nitrogen functional groups attached to an aromatic ring is 1. The van der Waals surface area contributed by atoms with Gasteiger partial charge in [0, 0.05) is 11.3 Å². The maximum Gasteiger partial charge on any atom is 0.340 e. The number of hydrogen-bond donors (Lipinski definition) is 3. The number of carbonyl (C=O) groups is 2. The topological polar surface area (TPSA) is 119 Å². The summed E-state index contributed by atoms with van der Waals surface area (Å²) in [5.74, 6) is 0.295. The molecule has 2 aromatic carbocycles. The van der Waals surface area contributed by atoms with Crippen molar-refractivity contribution in [1.29, 1.82) is 0 Å². The van der Waals surface area contributed by atoms with E-state index in [9.17, 15) is 9.59 Å². The monoisotopic (exact) mass is 391 g/mol. The molecule has 3 rings (SSSR count). The molecule has 8 nitrogen and oxygen atoms in total. The summed E-state index contributed by atoms with van der Waals surface area (Å²) in [5, 5.41) is 6.17. The Bertz CT molecular complexity index is 1030. The van der Waals surface area contributed by atoms with E-state index in [4.69, 9.17) is 10.5 Å². The van der Waals surface area contributed by atoms with E-state index in [1.165, 1.54) is 13.3 Å². The zero-order chi connectivity index (χ0) is 20.8. The van der Waals surface area contributed by atoms with Crippen molar-refractivity contribution in [1.82, 2.24) is 9.97 Å². The van der Waals surface area contributed by atoms with Crippen LogP contribution in [0.5, 0.6) is 0 Å². The zero-order valence-corrected chi connectivity index (χ0v) is 16.1. The molecule has 0 aliphatic heterocycles. The van der Waals surface area contributed by atoms with Crippen molar-refractivity contribution in [2.75, 3.05) is 23.0 Å². The van der Waals surface area contributed by atoms with E-state index < -0.39 is 5.97 Å². The Morgan fingerprint density at radius 2 is 1.66 bits per heavy atom. The molecule has 0 saturated heterocycles. The van der Waals surface area contributed by atoms with E-state index in [0.717, 1.165) is 5.69 Å². The summed E-state index contributed by atoms with van der Waals surface area (Å²) in [6.45, 7) is 3.54. The Morgan fingerprint density at radius 3 is 2.31 bits per heavy atom. The predicted molar refractivity (Wildman–Crippen MR) is 112 cm³/mol. The Balaban J connectivity index is 1.84. The van der Waals surface area contributed by atoms with Crippen molar-refractivity contribution < 1.29 is 14.3 Å². The Labute approximate surface area is 168 Å². The molecular weight excluding hydrogens is 370 g/mol. The summed E-state index contributed by atoms with van der Waals surface area (Å²) in [6, 6.07) is 13.9. The first kappa shape index (κ1) is 19.8. The molecule has 0 fully saturated rings. The summed E-state index contributed by atoms with van der Waals surface area (Å²) < 4.78 is 5.09. The zero-order valence-electron chi connectivity index (χ0n) is 16.1. The van der Waals surface area contributed by atoms with Gasteiger partial charge in [-0.25, -0.2) is 14.8 Å². The second kappa shape index (κ2) is 8.83. The van der Waals surface area contributed by atoms with Crippen molar-refractivity contribution in [2.24, 2.45) is 0 Å². The SMILES string of the molecule is CCOC(=O)c1ccccc1Nc1ncnc(Nc2ccc(C(C)=O)cc2)c1N. The van der Waals surface area contributed by atoms with E-state index in [1.807, 2.05) is 0 Å². The number of carbonyl (C=O) groups excluding carboxylic acids is 2. The molecule has 0 radical (unpaired) electrons. The first-order chi connectivity index (χ1) is 14.0. The van der Waals surface area contributed by atoms with E-state index in [1.54, 1.807) is 55.5 Å². The van der Waals surface area contributed by atoms with Gasteiger partial charge >= 0.3 is 5.97 Å². The number of aromatic nitrogens is 2. The van der Waals surface area contributed by atoms with Gasteiger partial charge in [0.2, 0.25) is 0 Å². The van der Waals surface area contributed by atoms with Crippen molar-refractivity contribution in [3.63, 3.8) is 0 Å². The lowest BCUT2D eigenvalue weighted by atomic mass is 10.1. The van der Waals surface area contributed by atoms with Gasteiger partial charge in [0.25, 0.3) is 0 Å². The van der Waals surface area contributed by atoms with Crippen LogP contribution in [0.3, 0.4) is 0 Å². The molecule has 1 aromatic heterocycles. The Kier molecular flexibility index (Phi) is 6.03. The molecule has 3 aromatic rings. The van der Waals surface area contributed by atoms with E-state index in [0.29, 0.717) is 28.5 Å². The third-order valence-corrected chi connectivity index (χ3v) is 4.11. The number of para-hydroxylation sites is 1. The number of anilines is 5. The average molecular weight is 391 g/mol. The van der Waals surface area contributed by atoms with E-state index in [-0.39, 0.29) is 18.1 Å². The van der Waals surface area contributed by atoms with Crippen LogP contribution in [0.1, 0.15) is 34.6 Å². The van der Waals surface area contributed by atoms with Gasteiger partial charge in [0.05, 0.1) is 17.9 Å². The largest absolute Gasteiger partial charge is 0.462 e. The molecule has 8 heteroatoms. The first-order valence-corrected chi connectivity index (χ1v) is 9.01. The molecule has 29 heavy (non-hydrogen) atoms. The van der Waals surface area contributed by atoms with Gasteiger partial charge in [-0.1, -0.05) is 12.1 Å². The molecule has 0 unspecified atom stereocenters. The van der Waals surface area contributed by atoms with Crippen LogP contribution < -0.4 is 16.4 Å². The summed E-state index contributed by atoms with van der Waals surface area (Å²) in [6.07, 6.45) is 1.36. The highest BCUT2D eigenvalue weighted by molar-refractivity contribution is 5.97. The normalized spacial score (nSPS) is 10.3. The fraction of sp³-hybridized carbons (Fsp3) is 0.143. The molecule has 0 saturated carbocycles. The molecule has 1 heterocycles. The van der Waals surface area contributed by atoms with Crippen molar-refractivity contribution in [3.05, 3.63) is 66.0 Å². The Hall–Kier alpha value is -3.94.